The molecule has 1 heterocycles. The van der Waals surface area contributed by atoms with Crippen LogP contribution in [0.1, 0.15) is 37.3 Å². The first kappa shape index (κ1) is 12.4. The van der Waals surface area contributed by atoms with E-state index in [2.05, 4.69) is 0 Å². The van der Waals surface area contributed by atoms with Crippen molar-refractivity contribution in [2.24, 2.45) is 0 Å². The Kier molecular flexibility index (Phi) is 3.69. The quantitative estimate of drug-likeness (QED) is 0.840. The average Bonchev–Trinajstić information content (AvgIpc) is 2.36. The molecule has 1 aliphatic heterocycles. The number of ether oxygens (including phenoxy) is 1. The van der Waals surface area contributed by atoms with Crippen LogP contribution in [0.3, 0.4) is 0 Å². The zero-order valence-corrected chi connectivity index (χ0v) is 10.3. The fourth-order valence-electron chi connectivity index (χ4n) is 2.26. The van der Waals surface area contributed by atoms with Gasteiger partial charge in [0.25, 0.3) is 0 Å². The summed E-state index contributed by atoms with van der Waals surface area (Å²) >= 11 is 0. The molecule has 0 aliphatic carbocycles. The highest BCUT2D eigenvalue weighted by molar-refractivity contribution is 5.40. The van der Waals surface area contributed by atoms with E-state index in [1.807, 2.05) is 18.2 Å². The lowest BCUT2D eigenvalue weighted by Gasteiger charge is -2.26. The van der Waals surface area contributed by atoms with Crippen LogP contribution < -0.4 is 4.74 Å². The average molecular weight is 236 g/mol. The minimum atomic E-state index is -0.866. The summed E-state index contributed by atoms with van der Waals surface area (Å²) in [6, 6.07) is 5.89. The van der Waals surface area contributed by atoms with Crippen LogP contribution in [-0.2, 0) is 12.0 Å². The number of aryl methyl sites for hydroxylation is 1. The fraction of sp³-hybridized carbons (Fsp3) is 0.571. The first-order valence-corrected chi connectivity index (χ1v) is 6.23. The molecule has 0 bridgehead atoms. The summed E-state index contributed by atoms with van der Waals surface area (Å²) in [5, 5.41) is 19.2. The van der Waals surface area contributed by atoms with Gasteiger partial charge in [0.2, 0.25) is 0 Å². The van der Waals surface area contributed by atoms with Crippen LogP contribution >= 0.6 is 0 Å². The molecule has 17 heavy (non-hydrogen) atoms. The summed E-state index contributed by atoms with van der Waals surface area (Å²) in [5.74, 6) is 0.943. The van der Waals surface area contributed by atoms with Crippen molar-refractivity contribution in [2.45, 2.75) is 38.2 Å². The van der Waals surface area contributed by atoms with E-state index in [4.69, 9.17) is 9.84 Å². The van der Waals surface area contributed by atoms with E-state index in [0.29, 0.717) is 12.8 Å². The molecule has 0 fully saturated rings. The summed E-state index contributed by atoms with van der Waals surface area (Å²) in [4.78, 5) is 0. The predicted octanol–water partition coefficient (Wildman–Crippen LogP) is 1.99. The molecule has 0 saturated heterocycles. The number of rotatable bonds is 4. The number of aliphatic hydroxyl groups is 2. The Balaban J connectivity index is 2.20. The lowest BCUT2D eigenvalue weighted by atomic mass is 9.89. The highest BCUT2D eigenvalue weighted by Gasteiger charge is 2.24. The number of fused-ring (bicyclic) bond motifs is 1. The van der Waals surface area contributed by atoms with Gasteiger partial charge in [-0.2, -0.15) is 0 Å². The number of aliphatic hydroxyl groups excluding tert-OH is 1. The van der Waals surface area contributed by atoms with Gasteiger partial charge in [-0.25, -0.2) is 0 Å². The maximum Gasteiger partial charge on any atom is 0.122 e. The summed E-state index contributed by atoms with van der Waals surface area (Å²) in [5.41, 5.74) is 1.23. The Morgan fingerprint density at radius 3 is 3.00 bits per heavy atom. The zero-order valence-electron chi connectivity index (χ0n) is 10.3. The second-order valence-electron chi connectivity index (χ2n) is 4.88. The molecule has 1 atom stereocenters. The SMILES string of the molecule is CC(O)(CCCO)c1ccc2c(c1)CCCO2. The first-order chi connectivity index (χ1) is 8.13. The molecule has 1 aliphatic rings. The molecule has 0 saturated carbocycles. The lowest BCUT2D eigenvalue weighted by Crippen LogP contribution is -2.22. The van der Waals surface area contributed by atoms with Crippen molar-refractivity contribution in [2.75, 3.05) is 13.2 Å². The maximum atomic E-state index is 10.4. The van der Waals surface area contributed by atoms with Crippen molar-refractivity contribution in [3.05, 3.63) is 29.3 Å². The van der Waals surface area contributed by atoms with Gasteiger partial charge < -0.3 is 14.9 Å². The van der Waals surface area contributed by atoms with Crippen LogP contribution in [0.4, 0.5) is 0 Å². The standard InChI is InChI=1S/C14H20O3/c1-14(16,7-3-8-15)12-5-6-13-11(10-12)4-2-9-17-13/h5-6,10,15-16H,2-4,7-9H2,1H3. The monoisotopic (exact) mass is 236 g/mol. The summed E-state index contributed by atoms with van der Waals surface area (Å²) in [6.45, 7) is 2.70. The molecule has 1 aromatic carbocycles. The number of hydrogen-bond donors (Lipinski definition) is 2. The molecule has 2 N–H and O–H groups in total. The summed E-state index contributed by atoms with van der Waals surface area (Å²) < 4.78 is 5.55. The molecular weight excluding hydrogens is 216 g/mol. The topological polar surface area (TPSA) is 49.7 Å². The van der Waals surface area contributed by atoms with E-state index in [1.165, 1.54) is 5.56 Å². The van der Waals surface area contributed by atoms with Crippen molar-refractivity contribution < 1.29 is 14.9 Å². The third kappa shape index (κ3) is 2.79. The highest BCUT2D eigenvalue weighted by Crippen LogP contribution is 2.32. The van der Waals surface area contributed by atoms with Gasteiger partial charge in [0, 0.05) is 6.61 Å². The van der Waals surface area contributed by atoms with Gasteiger partial charge in [-0.05, 0) is 55.9 Å². The van der Waals surface area contributed by atoms with E-state index in [0.717, 1.165) is 30.8 Å². The molecular formula is C14H20O3. The Bertz CT molecular complexity index is 385. The summed E-state index contributed by atoms with van der Waals surface area (Å²) in [6.07, 6.45) is 3.23. The number of benzene rings is 1. The van der Waals surface area contributed by atoms with E-state index in [9.17, 15) is 5.11 Å². The zero-order chi connectivity index (χ0) is 12.3. The maximum absolute atomic E-state index is 10.4. The largest absolute Gasteiger partial charge is 0.493 e. The minimum Gasteiger partial charge on any atom is -0.493 e. The summed E-state index contributed by atoms with van der Waals surface area (Å²) in [7, 11) is 0. The molecule has 1 aromatic rings. The van der Waals surface area contributed by atoms with Crippen molar-refractivity contribution in [3.8, 4) is 5.75 Å². The van der Waals surface area contributed by atoms with Gasteiger partial charge in [-0.3, -0.25) is 0 Å². The van der Waals surface area contributed by atoms with Crippen LogP contribution in [0.15, 0.2) is 18.2 Å². The Morgan fingerprint density at radius 2 is 2.24 bits per heavy atom. The van der Waals surface area contributed by atoms with Crippen molar-refractivity contribution in [1.29, 1.82) is 0 Å². The lowest BCUT2D eigenvalue weighted by molar-refractivity contribution is 0.0401. The van der Waals surface area contributed by atoms with Gasteiger partial charge in [0.05, 0.1) is 12.2 Å². The van der Waals surface area contributed by atoms with Crippen LogP contribution in [0.2, 0.25) is 0 Å². The van der Waals surface area contributed by atoms with Crippen LogP contribution in [-0.4, -0.2) is 23.4 Å². The van der Waals surface area contributed by atoms with Crippen LogP contribution in [0.5, 0.6) is 5.75 Å². The van der Waals surface area contributed by atoms with Gasteiger partial charge in [-0.15, -0.1) is 0 Å². The normalized spacial score (nSPS) is 18.1. The molecule has 0 radical (unpaired) electrons. The molecule has 3 nitrogen and oxygen atoms in total. The molecule has 0 spiro atoms. The van der Waals surface area contributed by atoms with E-state index in [-0.39, 0.29) is 6.61 Å². The van der Waals surface area contributed by atoms with Crippen molar-refractivity contribution >= 4 is 0 Å². The van der Waals surface area contributed by atoms with Gasteiger partial charge in [0.1, 0.15) is 5.75 Å². The number of hydrogen-bond acceptors (Lipinski definition) is 3. The molecule has 1 unspecified atom stereocenters. The highest BCUT2D eigenvalue weighted by atomic mass is 16.5. The van der Waals surface area contributed by atoms with Gasteiger partial charge in [-0.1, -0.05) is 6.07 Å². The molecule has 3 heteroatoms. The molecule has 0 aromatic heterocycles. The molecule has 0 amide bonds. The van der Waals surface area contributed by atoms with Crippen molar-refractivity contribution in [3.63, 3.8) is 0 Å². The Hall–Kier alpha value is -1.06. The molecule has 94 valence electrons. The minimum absolute atomic E-state index is 0.115. The van der Waals surface area contributed by atoms with Gasteiger partial charge in [0.15, 0.2) is 0 Å². The van der Waals surface area contributed by atoms with E-state index >= 15 is 0 Å². The third-order valence-electron chi connectivity index (χ3n) is 3.35. The van der Waals surface area contributed by atoms with E-state index < -0.39 is 5.60 Å². The Labute approximate surface area is 102 Å². The fourth-order valence-corrected chi connectivity index (χ4v) is 2.26. The van der Waals surface area contributed by atoms with Crippen LogP contribution in [0, 0.1) is 0 Å². The van der Waals surface area contributed by atoms with Crippen LogP contribution in [0.25, 0.3) is 0 Å². The second kappa shape index (κ2) is 5.07. The van der Waals surface area contributed by atoms with E-state index in [1.54, 1.807) is 6.92 Å². The Morgan fingerprint density at radius 1 is 1.41 bits per heavy atom. The second-order valence-corrected chi connectivity index (χ2v) is 4.88. The smallest absolute Gasteiger partial charge is 0.122 e. The third-order valence-corrected chi connectivity index (χ3v) is 3.35. The first-order valence-electron chi connectivity index (χ1n) is 6.23. The van der Waals surface area contributed by atoms with Gasteiger partial charge >= 0.3 is 0 Å². The molecule has 2 rings (SSSR count). The predicted molar refractivity (Wildman–Crippen MR) is 66.1 cm³/mol. The van der Waals surface area contributed by atoms with Crippen molar-refractivity contribution in [1.82, 2.24) is 0 Å².